The standard InChI is InChI=1S/C7H11B2OP/c8-7(9,11)10-6-4-2-1-3-5-6/h1-5H,8-9,11H2. The molecule has 0 bridgehead atoms. The van der Waals surface area contributed by atoms with E-state index in [2.05, 4.69) is 9.24 Å². The third kappa shape index (κ3) is 3.48. The van der Waals surface area contributed by atoms with Crippen molar-refractivity contribution < 1.29 is 4.74 Å². The highest BCUT2D eigenvalue weighted by atomic mass is 31.0. The highest BCUT2D eigenvalue weighted by molar-refractivity contribution is 7.25. The van der Waals surface area contributed by atoms with Crippen LogP contribution in [0.3, 0.4) is 0 Å². The van der Waals surface area contributed by atoms with E-state index in [1.54, 1.807) is 0 Å². The van der Waals surface area contributed by atoms with Crippen LogP contribution < -0.4 is 4.74 Å². The van der Waals surface area contributed by atoms with Gasteiger partial charge in [0.2, 0.25) is 0 Å². The molecule has 0 aromatic heterocycles. The van der Waals surface area contributed by atoms with Crippen LogP contribution in [-0.4, -0.2) is 20.8 Å². The van der Waals surface area contributed by atoms with Gasteiger partial charge in [0.25, 0.3) is 0 Å². The first-order chi connectivity index (χ1) is 5.08. The lowest BCUT2D eigenvalue weighted by molar-refractivity contribution is 0.325. The highest BCUT2D eigenvalue weighted by Crippen LogP contribution is 2.17. The Bertz CT molecular complexity index is 220. The van der Waals surface area contributed by atoms with E-state index < -0.39 is 0 Å². The molecule has 0 radical (unpaired) electrons. The first kappa shape index (κ1) is 8.67. The minimum Gasteiger partial charge on any atom is -0.502 e. The summed E-state index contributed by atoms with van der Waals surface area (Å²) in [4.78, 5) is 0. The summed E-state index contributed by atoms with van der Waals surface area (Å²) in [6.07, 6.45) is 0. The van der Waals surface area contributed by atoms with Crippen molar-refractivity contribution in [1.82, 2.24) is 0 Å². The van der Waals surface area contributed by atoms with Gasteiger partial charge in [0.15, 0.2) is 15.7 Å². The highest BCUT2D eigenvalue weighted by Gasteiger charge is 2.10. The van der Waals surface area contributed by atoms with Gasteiger partial charge < -0.3 is 4.74 Å². The van der Waals surface area contributed by atoms with E-state index in [0.29, 0.717) is 0 Å². The smallest absolute Gasteiger partial charge is 0.151 e. The van der Waals surface area contributed by atoms with Gasteiger partial charge in [-0.05, 0) is 12.1 Å². The molecule has 0 heterocycles. The van der Waals surface area contributed by atoms with Crippen LogP contribution in [0.2, 0.25) is 0 Å². The Morgan fingerprint density at radius 2 is 1.73 bits per heavy atom. The van der Waals surface area contributed by atoms with Crippen LogP contribution in [0.5, 0.6) is 5.75 Å². The molecule has 0 spiro atoms. The lowest BCUT2D eigenvalue weighted by Crippen LogP contribution is -2.28. The molecule has 0 fully saturated rings. The van der Waals surface area contributed by atoms with Crippen molar-refractivity contribution in [3.63, 3.8) is 0 Å². The van der Waals surface area contributed by atoms with Gasteiger partial charge in [-0.25, -0.2) is 0 Å². The molecule has 56 valence electrons. The molecular formula is C7H11B2OP. The lowest BCUT2D eigenvalue weighted by atomic mass is 9.80. The molecule has 0 N–H and O–H groups in total. The summed E-state index contributed by atoms with van der Waals surface area (Å²) in [6, 6.07) is 9.80. The predicted molar refractivity (Wildman–Crippen MR) is 56.6 cm³/mol. The molecule has 4 heteroatoms. The Balaban J connectivity index is 2.66. The largest absolute Gasteiger partial charge is 0.502 e. The second-order valence-corrected chi connectivity index (χ2v) is 4.41. The minimum absolute atomic E-state index is 0.179. The van der Waals surface area contributed by atoms with Crippen LogP contribution in [0.4, 0.5) is 0 Å². The monoisotopic (exact) mass is 164 g/mol. The topological polar surface area (TPSA) is 9.23 Å². The van der Waals surface area contributed by atoms with Gasteiger partial charge in [-0.2, -0.15) is 0 Å². The van der Waals surface area contributed by atoms with Crippen molar-refractivity contribution in [2.75, 3.05) is 0 Å². The van der Waals surface area contributed by atoms with Gasteiger partial charge >= 0.3 is 0 Å². The number of hydrogen-bond acceptors (Lipinski definition) is 1. The molecule has 1 atom stereocenters. The number of benzene rings is 1. The first-order valence-electron chi connectivity index (χ1n) is 3.61. The first-order valence-corrected chi connectivity index (χ1v) is 4.18. The maximum absolute atomic E-state index is 5.56. The van der Waals surface area contributed by atoms with Crippen molar-refractivity contribution in [3.05, 3.63) is 30.3 Å². The molecule has 0 saturated carbocycles. The van der Waals surface area contributed by atoms with E-state index in [4.69, 9.17) is 4.74 Å². The SMILES string of the molecule is BC(B)(P)Oc1ccccc1. The summed E-state index contributed by atoms with van der Waals surface area (Å²) >= 11 is 0. The average Bonchev–Trinajstić information content (AvgIpc) is 1.85. The summed E-state index contributed by atoms with van der Waals surface area (Å²) in [6.45, 7) is 0. The van der Waals surface area contributed by atoms with Gasteiger partial charge in [0.1, 0.15) is 5.75 Å². The molecule has 11 heavy (non-hydrogen) atoms. The summed E-state index contributed by atoms with van der Waals surface area (Å²) in [5.41, 5.74) is 0. The van der Waals surface area contributed by atoms with Crippen LogP contribution in [0.1, 0.15) is 0 Å². The molecule has 0 aliphatic carbocycles. The van der Waals surface area contributed by atoms with Crippen LogP contribution in [-0.2, 0) is 0 Å². The van der Waals surface area contributed by atoms with E-state index in [9.17, 15) is 0 Å². The Morgan fingerprint density at radius 1 is 1.18 bits per heavy atom. The minimum atomic E-state index is -0.179. The maximum Gasteiger partial charge on any atom is 0.151 e. The molecule has 1 nitrogen and oxygen atoms in total. The molecular weight excluding hydrogens is 153 g/mol. The van der Waals surface area contributed by atoms with E-state index >= 15 is 0 Å². The molecule has 0 aliphatic heterocycles. The zero-order valence-corrected chi connectivity index (χ0v) is 8.03. The summed E-state index contributed by atoms with van der Waals surface area (Å²) in [5, 5.41) is -0.179. The van der Waals surface area contributed by atoms with Crippen LogP contribution in [0.25, 0.3) is 0 Å². The van der Waals surface area contributed by atoms with E-state index in [0.717, 1.165) is 5.75 Å². The number of hydrogen-bond donors (Lipinski definition) is 0. The van der Waals surface area contributed by atoms with Crippen molar-refractivity contribution in [2.24, 2.45) is 0 Å². The molecule has 1 rings (SSSR count). The molecule has 0 saturated heterocycles. The van der Waals surface area contributed by atoms with E-state index in [-0.39, 0.29) is 5.14 Å². The van der Waals surface area contributed by atoms with Gasteiger partial charge in [-0.15, -0.1) is 9.24 Å². The fraction of sp³-hybridized carbons (Fsp3) is 0.143. The van der Waals surface area contributed by atoms with Gasteiger partial charge in [-0.1, -0.05) is 18.2 Å². The van der Waals surface area contributed by atoms with E-state index in [1.165, 1.54) is 0 Å². The fourth-order valence-corrected chi connectivity index (χ4v) is 0.928. The third-order valence-electron chi connectivity index (χ3n) is 1.12. The molecule has 0 amide bonds. The molecule has 1 unspecified atom stereocenters. The summed E-state index contributed by atoms with van der Waals surface area (Å²) < 4.78 is 5.56. The molecule has 1 aromatic rings. The van der Waals surface area contributed by atoms with Crippen molar-refractivity contribution in [1.29, 1.82) is 0 Å². The van der Waals surface area contributed by atoms with Crippen molar-refractivity contribution in [3.8, 4) is 5.75 Å². The zero-order valence-electron chi connectivity index (χ0n) is 6.87. The Kier molecular flexibility index (Phi) is 2.62. The number of para-hydroxylation sites is 1. The van der Waals surface area contributed by atoms with Crippen LogP contribution in [0, 0.1) is 0 Å². The van der Waals surface area contributed by atoms with E-state index in [1.807, 2.05) is 46.0 Å². The third-order valence-corrected chi connectivity index (χ3v) is 1.24. The molecule has 1 aromatic carbocycles. The average molecular weight is 164 g/mol. The molecule has 0 aliphatic rings. The van der Waals surface area contributed by atoms with Gasteiger partial charge in [-0.3, -0.25) is 0 Å². The van der Waals surface area contributed by atoms with Crippen LogP contribution in [0.15, 0.2) is 30.3 Å². The zero-order chi connectivity index (χ0) is 8.32. The number of ether oxygens (including phenoxy) is 1. The lowest BCUT2D eigenvalue weighted by Gasteiger charge is -2.21. The predicted octanol–water partition coefficient (Wildman–Crippen LogP) is -0.182. The van der Waals surface area contributed by atoms with Crippen molar-refractivity contribution in [2.45, 2.75) is 5.14 Å². The second-order valence-electron chi connectivity index (χ2n) is 3.02. The van der Waals surface area contributed by atoms with Crippen molar-refractivity contribution >= 4 is 24.9 Å². The summed E-state index contributed by atoms with van der Waals surface area (Å²) in [5.74, 6) is 0.910. The van der Waals surface area contributed by atoms with Gasteiger partial charge in [0.05, 0.1) is 5.14 Å². The fourth-order valence-electron chi connectivity index (χ4n) is 0.792. The van der Waals surface area contributed by atoms with Crippen LogP contribution >= 0.6 is 9.24 Å². The number of rotatable bonds is 2. The maximum atomic E-state index is 5.56. The summed E-state index contributed by atoms with van der Waals surface area (Å²) in [7, 11) is 6.65. The second kappa shape index (κ2) is 3.32. The normalized spacial score (nSPS) is 11.0. The Hall–Kier alpha value is -0.420. The quantitative estimate of drug-likeness (QED) is 0.434. The Morgan fingerprint density at radius 3 is 2.18 bits per heavy atom. The van der Waals surface area contributed by atoms with Gasteiger partial charge in [0, 0.05) is 0 Å². The Labute approximate surface area is 71.5 Å².